The van der Waals surface area contributed by atoms with Crippen LogP contribution in [0.4, 0.5) is 11.8 Å². The standard InChI is InChI=1S/C14H17IN4O4S/c1-3-22-10-5-8(4-9-7-18-14(17)19-13(9)16)6-11(12(10)15)23-24(2,20)21/h5-7H,3-4H2,1-2H3,(H4,16,17,18,19). The number of nitrogens with zero attached hydrogens (tertiary/aromatic N) is 2. The van der Waals surface area contributed by atoms with Crippen molar-refractivity contribution in [3.8, 4) is 11.5 Å². The highest BCUT2D eigenvalue weighted by Gasteiger charge is 2.16. The molecule has 0 fully saturated rings. The van der Waals surface area contributed by atoms with Gasteiger partial charge in [-0.15, -0.1) is 0 Å². The van der Waals surface area contributed by atoms with Crippen LogP contribution in [0.25, 0.3) is 0 Å². The maximum absolute atomic E-state index is 11.5. The van der Waals surface area contributed by atoms with Gasteiger partial charge in [-0.1, -0.05) is 0 Å². The number of anilines is 2. The number of rotatable bonds is 6. The highest BCUT2D eigenvalue weighted by molar-refractivity contribution is 14.1. The molecule has 2 aromatic rings. The van der Waals surface area contributed by atoms with Gasteiger partial charge in [0.25, 0.3) is 0 Å². The first-order chi connectivity index (χ1) is 11.2. The van der Waals surface area contributed by atoms with Crippen molar-refractivity contribution < 1.29 is 17.3 Å². The summed E-state index contributed by atoms with van der Waals surface area (Å²) in [6.07, 6.45) is 2.90. The summed E-state index contributed by atoms with van der Waals surface area (Å²) in [7, 11) is -3.66. The molecule has 0 aliphatic rings. The van der Waals surface area contributed by atoms with E-state index in [9.17, 15) is 8.42 Å². The molecule has 0 aliphatic carbocycles. The predicted molar refractivity (Wildman–Crippen MR) is 99.5 cm³/mol. The molecular formula is C14H17IN4O4S. The second kappa shape index (κ2) is 7.38. The SMILES string of the molecule is CCOc1cc(Cc2cnc(N)nc2N)cc(OS(C)(=O)=O)c1I. The van der Waals surface area contributed by atoms with Crippen LogP contribution in [0.1, 0.15) is 18.1 Å². The minimum absolute atomic E-state index is 0.0926. The summed E-state index contributed by atoms with van der Waals surface area (Å²) < 4.78 is 34.1. The second-order valence-corrected chi connectivity index (χ2v) is 7.60. The van der Waals surface area contributed by atoms with Crippen molar-refractivity contribution in [2.45, 2.75) is 13.3 Å². The molecular weight excluding hydrogens is 447 g/mol. The summed E-state index contributed by atoms with van der Waals surface area (Å²) in [4.78, 5) is 7.83. The van der Waals surface area contributed by atoms with E-state index in [1.807, 2.05) is 29.5 Å². The van der Waals surface area contributed by atoms with Crippen LogP contribution in [0, 0.1) is 3.57 Å². The highest BCUT2D eigenvalue weighted by atomic mass is 127. The fourth-order valence-electron chi connectivity index (χ4n) is 2.00. The van der Waals surface area contributed by atoms with Crippen LogP contribution in [-0.4, -0.2) is 31.2 Å². The zero-order chi connectivity index (χ0) is 17.9. The van der Waals surface area contributed by atoms with Gasteiger partial charge in [-0.25, -0.2) is 4.98 Å². The molecule has 130 valence electrons. The number of halogens is 1. The minimum Gasteiger partial charge on any atom is -0.493 e. The maximum Gasteiger partial charge on any atom is 0.306 e. The Kier molecular flexibility index (Phi) is 5.70. The van der Waals surface area contributed by atoms with Crippen molar-refractivity contribution in [2.24, 2.45) is 0 Å². The van der Waals surface area contributed by atoms with Crippen LogP contribution in [0.5, 0.6) is 11.5 Å². The van der Waals surface area contributed by atoms with Gasteiger partial charge in [0, 0.05) is 18.2 Å². The fraction of sp³-hybridized carbons (Fsp3) is 0.286. The van der Waals surface area contributed by atoms with Gasteiger partial charge < -0.3 is 20.4 Å². The normalized spacial score (nSPS) is 11.3. The predicted octanol–water partition coefficient (Wildman–Crippen LogP) is 1.57. The number of nitrogens with two attached hydrogens (primary N) is 2. The number of hydrogen-bond acceptors (Lipinski definition) is 8. The van der Waals surface area contributed by atoms with Gasteiger partial charge >= 0.3 is 10.1 Å². The first-order valence-corrected chi connectivity index (χ1v) is 9.80. The number of aromatic nitrogens is 2. The topological polar surface area (TPSA) is 130 Å². The van der Waals surface area contributed by atoms with E-state index in [4.69, 9.17) is 20.4 Å². The number of ether oxygens (including phenoxy) is 1. The molecule has 0 amide bonds. The Morgan fingerprint density at radius 1 is 1.25 bits per heavy atom. The lowest BCUT2D eigenvalue weighted by molar-refractivity contribution is 0.336. The Bertz CT molecular complexity index is 858. The lowest BCUT2D eigenvalue weighted by Crippen LogP contribution is -2.09. The van der Waals surface area contributed by atoms with E-state index in [1.165, 1.54) is 6.20 Å². The van der Waals surface area contributed by atoms with Crippen LogP contribution in [0.2, 0.25) is 0 Å². The molecule has 24 heavy (non-hydrogen) atoms. The minimum atomic E-state index is -3.66. The second-order valence-electron chi connectivity index (χ2n) is 4.94. The van der Waals surface area contributed by atoms with Crippen LogP contribution in [-0.2, 0) is 16.5 Å². The number of hydrogen-bond donors (Lipinski definition) is 2. The van der Waals surface area contributed by atoms with Gasteiger partial charge in [-0.05, 0) is 47.2 Å². The zero-order valence-corrected chi connectivity index (χ0v) is 16.1. The largest absolute Gasteiger partial charge is 0.493 e. The summed E-state index contributed by atoms with van der Waals surface area (Å²) in [5.74, 6) is 1.10. The van der Waals surface area contributed by atoms with Gasteiger partial charge in [0.15, 0.2) is 5.75 Å². The van der Waals surface area contributed by atoms with Gasteiger partial charge in [0.2, 0.25) is 5.95 Å². The van der Waals surface area contributed by atoms with E-state index in [-0.39, 0.29) is 17.5 Å². The number of benzene rings is 1. The van der Waals surface area contributed by atoms with Gasteiger partial charge in [-0.3, -0.25) is 0 Å². The van der Waals surface area contributed by atoms with Crippen molar-refractivity contribution in [1.82, 2.24) is 9.97 Å². The Labute approximate surface area is 153 Å². The van der Waals surface area contributed by atoms with Crippen LogP contribution < -0.4 is 20.4 Å². The van der Waals surface area contributed by atoms with Crippen molar-refractivity contribution in [3.05, 3.63) is 33.0 Å². The van der Waals surface area contributed by atoms with Gasteiger partial charge in [0.05, 0.1) is 16.4 Å². The molecule has 0 spiro atoms. The van der Waals surface area contributed by atoms with E-state index in [1.54, 1.807) is 12.1 Å². The molecule has 0 atom stereocenters. The Balaban J connectivity index is 2.45. The maximum atomic E-state index is 11.5. The smallest absolute Gasteiger partial charge is 0.306 e. The van der Waals surface area contributed by atoms with Crippen molar-refractivity contribution in [3.63, 3.8) is 0 Å². The van der Waals surface area contributed by atoms with E-state index in [0.29, 0.717) is 27.9 Å². The van der Waals surface area contributed by atoms with Crippen LogP contribution >= 0.6 is 22.6 Å². The third-order valence-electron chi connectivity index (χ3n) is 2.92. The summed E-state index contributed by atoms with van der Waals surface area (Å²) in [6, 6.07) is 3.43. The highest BCUT2D eigenvalue weighted by Crippen LogP contribution is 2.34. The lowest BCUT2D eigenvalue weighted by Gasteiger charge is -2.14. The van der Waals surface area contributed by atoms with Crippen LogP contribution in [0.15, 0.2) is 18.3 Å². The summed E-state index contributed by atoms with van der Waals surface area (Å²) in [5.41, 5.74) is 12.7. The fourth-order valence-corrected chi connectivity index (χ4v) is 3.19. The molecule has 1 heterocycles. The van der Waals surface area contributed by atoms with Crippen molar-refractivity contribution >= 4 is 44.5 Å². The quantitative estimate of drug-likeness (QED) is 0.487. The molecule has 1 aromatic carbocycles. The average Bonchev–Trinajstić information content (AvgIpc) is 2.45. The zero-order valence-electron chi connectivity index (χ0n) is 13.1. The summed E-state index contributed by atoms with van der Waals surface area (Å²) >= 11 is 1.98. The molecule has 2 rings (SSSR count). The molecule has 0 saturated heterocycles. The monoisotopic (exact) mass is 464 g/mol. The molecule has 10 heteroatoms. The van der Waals surface area contributed by atoms with E-state index >= 15 is 0 Å². The first-order valence-electron chi connectivity index (χ1n) is 6.91. The molecule has 4 N–H and O–H groups in total. The van der Waals surface area contributed by atoms with Gasteiger partial charge in [-0.2, -0.15) is 13.4 Å². The van der Waals surface area contributed by atoms with E-state index in [0.717, 1.165) is 11.8 Å². The molecule has 0 unspecified atom stereocenters. The van der Waals surface area contributed by atoms with Crippen molar-refractivity contribution in [1.29, 1.82) is 0 Å². The lowest BCUT2D eigenvalue weighted by atomic mass is 10.1. The van der Waals surface area contributed by atoms with Crippen molar-refractivity contribution in [2.75, 3.05) is 24.3 Å². The Morgan fingerprint density at radius 2 is 1.92 bits per heavy atom. The number of nitrogen functional groups attached to an aromatic ring is 2. The van der Waals surface area contributed by atoms with Crippen LogP contribution in [0.3, 0.4) is 0 Å². The average molecular weight is 464 g/mol. The third-order valence-corrected chi connectivity index (χ3v) is 4.46. The Hall–Kier alpha value is -1.82. The molecule has 8 nitrogen and oxygen atoms in total. The summed E-state index contributed by atoms with van der Waals surface area (Å²) in [5, 5.41) is 0. The van der Waals surface area contributed by atoms with E-state index in [2.05, 4.69) is 9.97 Å². The van der Waals surface area contributed by atoms with E-state index < -0.39 is 10.1 Å². The molecule has 0 bridgehead atoms. The molecule has 0 radical (unpaired) electrons. The van der Waals surface area contributed by atoms with Gasteiger partial charge in [0.1, 0.15) is 11.6 Å². The third kappa shape index (κ3) is 4.84. The first kappa shape index (κ1) is 18.5. The molecule has 0 saturated carbocycles. The molecule has 1 aromatic heterocycles. The Morgan fingerprint density at radius 3 is 2.50 bits per heavy atom. The summed E-state index contributed by atoms with van der Waals surface area (Å²) in [6.45, 7) is 2.27. The molecule has 0 aliphatic heterocycles.